The van der Waals surface area contributed by atoms with Crippen molar-refractivity contribution in [2.75, 3.05) is 18.0 Å². The van der Waals surface area contributed by atoms with Gasteiger partial charge in [0.25, 0.3) is 0 Å². The molecule has 1 amide bonds. The first-order valence-corrected chi connectivity index (χ1v) is 10.5. The van der Waals surface area contributed by atoms with Crippen molar-refractivity contribution in [3.05, 3.63) is 23.8 Å². The highest BCUT2D eigenvalue weighted by molar-refractivity contribution is 5.99. The molecule has 140 valence electrons. The van der Waals surface area contributed by atoms with E-state index >= 15 is 0 Å². The van der Waals surface area contributed by atoms with Crippen LogP contribution in [0.4, 0.5) is 5.69 Å². The van der Waals surface area contributed by atoms with E-state index in [0.717, 1.165) is 25.1 Å². The molecule has 1 saturated carbocycles. The largest absolute Gasteiger partial charge is 0.506 e. The zero-order valence-corrected chi connectivity index (χ0v) is 16.0. The van der Waals surface area contributed by atoms with Gasteiger partial charge >= 0.3 is 0 Å². The summed E-state index contributed by atoms with van der Waals surface area (Å²) in [6.07, 6.45) is 7.72. The number of amides is 1. The highest BCUT2D eigenvalue weighted by Gasteiger charge is 2.68. The van der Waals surface area contributed by atoms with E-state index < -0.39 is 0 Å². The summed E-state index contributed by atoms with van der Waals surface area (Å²) in [6, 6.07) is 6.67. The molecule has 4 nitrogen and oxygen atoms in total. The van der Waals surface area contributed by atoms with E-state index in [4.69, 9.17) is 0 Å². The average molecular weight is 354 g/mol. The smallest absolute Gasteiger partial charge is 0.227 e. The number of fused-ring (bicyclic) bond motifs is 1. The van der Waals surface area contributed by atoms with Gasteiger partial charge in [-0.05, 0) is 68.7 Å². The van der Waals surface area contributed by atoms with Crippen LogP contribution in [0, 0.1) is 5.41 Å². The number of rotatable bonds is 2. The molecule has 0 unspecified atom stereocenters. The molecule has 1 aromatic carbocycles. The first kappa shape index (κ1) is 16.6. The SMILES string of the molecule is CCC(=O)N1c2c(O)cccc2[C@]23CCN4CCC[C@@](CC)(CC[C@@H]12)[C@H]43. The number of phenolic OH excluding ortho intramolecular Hbond substituents is 1. The normalized spacial score (nSPS) is 38.0. The van der Waals surface area contributed by atoms with Crippen LogP contribution in [-0.2, 0) is 10.2 Å². The van der Waals surface area contributed by atoms with E-state index in [0.29, 0.717) is 17.9 Å². The summed E-state index contributed by atoms with van der Waals surface area (Å²) >= 11 is 0. The topological polar surface area (TPSA) is 43.8 Å². The number of nitrogens with zero attached hydrogens (tertiary/aromatic N) is 2. The Hall–Kier alpha value is -1.55. The van der Waals surface area contributed by atoms with Crippen molar-refractivity contribution >= 4 is 11.6 Å². The molecule has 4 heteroatoms. The van der Waals surface area contributed by atoms with E-state index in [1.54, 1.807) is 6.07 Å². The van der Waals surface area contributed by atoms with E-state index in [2.05, 4.69) is 17.9 Å². The van der Waals surface area contributed by atoms with E-state index in [1.807, 2.05) is 17.9 Å². The van der Waals surface area contributed by atoms with Gasteiger partial charge in [0.1, 0.15) is 5.75 Å². The van der Waals surface area contributed by atoms with Gasteiger partial charge in [0, 0.05) is 23.9 Å². The summed E-state index contributed by atoms with van der Waals surface area (Å²) < 4.78 is 0. The number of phenols is 1. The van der Waals surface area contributed by atoms with Gasteiger partial charge in [-0.3, -0.25) is 9.69 Å². The molecule has 26 heavy (non-hydrogen) atoms. The van der Waals surface area contributed by atoms with E-state index in [-0.39, 0.29) is 23.1 Å². The second kappa shape index (κ2) is 5.48. The van der Waals surface area contributed by atoms with Crippen LogP contribution in [-0.4, -0.2) is 41.1 Å². The molecule has 2 saturated heterocycles. The molecule has 4 atom stereocenters. The second-order valence-corrected chi connectivity index (χ2v) is 8.89. The van der Waals surface area contributed by atoms with Crippen molar-refractivity contribution in [1.82, 2.24) is 4.90 Å². The highest BCUT2D eigenvalue weighted by atomic mass is 16.3. The summed E-state index contributed by atoms with van der Waals surface area (Å²) in [5, 5.41) is 10.7. The monoisotopic (exact) mass is 354 g/mol. The fraction of sp³-hybridized carbons (Fsp3) is 0.682. The number of hydrogen-bond donors (Lipinski definition) is 1. The molecule has 1 spiro atoms. The molecule has 3 aliphatic heterocycles. The number of hydrogen-bond acceptors (Lipinski definition) is 3. The molecule has 1 aromatic rings. The molecule has 5 rings (SSSR count). The fourth-order valence-corrected chi connectivity index (χ4v) is 7.31. The predicted octanol–water partition coefficient (Wildman–Crippen LogP) is 3.81. The zero-order valence-electron chi connectivity index (χ0n) is 16.0. The molecular formula is C22H30N2O2. The minimum Gasteiger partial charge on any atom is -0.506 e. The lowest BCUT2D eigenvalue weighted by Gasteiger charge is -2.58. The second-order valence-electron chi connectivity index (χ2n) is 8.89. The van der Waals surface area contributed by atoms with Crippen LogP contribution in [0.15, 0.2) is 18.2 Å². The van der Waals surface area contributed by atoms with Gasteiger partial charge < -0.3 is 10.0 Å². The molecule has 0 bridgehead atoms. The van der Waals surface area contributed by atoms with Crippen molar-refractivity contribution in [1.29, 1.82) is 0 Å². The molecular weight excluding hydrogens is 324 g/mol. The molecule has 3 fully saturated rings. The molecule has 3 heterocycles. The van der Waals surface area contributed by atoms with Gasteiger partial charge in [0.05, 0.1) is 5.69 Å². The lowest BCUT2D eigenvalue weighted by atomic mass is 9.52. The Morgan fingerprint density at radius 3 is 2.85 bits per heavy atom. The summed E-state index contributed by atoms with van der Waals surface area (Å²) in [5.41, 5.74) is 2.45. The van der Waals surface area contributed by atoms with Crippen molar-refractivity contribution < 1.29 is 9.90 Å². The van der Waals surface area contributed by atoms with Crippen molar-refractivity contribution in [2.24, 2.45) is 5.41 Å². The minimum atomic E-state index is 0.00752. The van der Waals surface area contributed by atoms with Gasteiger partial charge in [0.15, 0.2) is 0 Å². The molecule has 0 radical (unpaired) electrons. The van der Waals surface area contributed by atoms with Gasteiger partial charge in [0.2, 0.25) is 5.91 Å². The summed E-state index contributed by atoms with van der Waals surface area (Å²) in [6.45, 7) is 6.62. The number of para-hydroxylation sites is 1. The minimum absolute atomic E-state index is 0.00752. The molecule has 0 aromatic heterocycles. The number of aromatic hydroxyl groups is 1. The lowest BCUT2D eigenvalue weighted by Crippen LogP contribution is -2.65. The number of carbonyl (C=O) groups is 1. The third kappa shape index (κ3) is 1.77. The molecule has 1 aliphatic carbocycles. The summed E-state index contributed by atoms with van der Waals surface area (Å²) in [4.78, 5) is 17.7. The molecule has 4 aliphatic rings. The van der Waals surface area contributed by atoms with Gasteiger partial charge in [-0.25, -0.2) is 0 Å². The third-order valence-electron chi connectivity index (χ3n) is 8.22. The van der Waals surface area contributed by atoms with Crippen LogP contribution in [0.2, 0.25) is 0 Å². The Morgan fingerprint density at radius 1 is 1.23 bits per heavy atom. The Kier molecular flexibility index (Phi) is 3.50. The maximum Gasteiger partial charge on any atom is 0.227 e. The Balaban J connectivity index is 1.75. The summed E-state index contributed by atoms with van der Waals surface area (Å²) in [5.74, 6) is 0.442. The summed E-state index contributed by atoms with van der Waals surface area (Å²) in [7, 11) is 0. The van der Waals surface area contributed by atoms with Crippen LogP contribution in [0.5, 0.6) is 5.75 Å². The van der Waals surface area contributed by atoms with E-state index in [1.165, 1.54) is 37.8 Å². The third-order valence-corrected chi connectivity index (χ3v) is 8.22. The van der Waals surface area contributed by atoms with Crippen molar-refractivity contribution in [3.8, 4) is 5.75 Å². The Labute approximate surface area is 156 Å². The number of benzene rings is 1. The van der Waals surface area contributed by atoms with Crippen molar-refractivity contribution in [2.45, 2.75) is 76.3 Å². The predicted molar refractivity (Wildman–Crippen MR) is 103 cm³/mol. The first-order chi connectivity index (χ1) is 12.6. The van der Waals surface area contributed by atoms with Gasteiger partial charge in [-0.1, -0.05) is 26.0 Å². The molecule has 1 N–H and O–H groups in total. The zero-order chi connectivity index (χ0) is 18.1. The van der Waals surface area contributed by atoms with E-state index in [9.17, 15) is 9.90 Å². The quantitative estimate of drug-likeness (QED) is 0.878. The van der Waals surface area contributed by atoms with Gasteiger partial charge in [-0.15, -0.1) is 0 Å². The van der Waals surface area contributed by atoms with Crippen LogP contribution in [0.3, 0.4) is 0 Å². The van der Waals surface area contributed by atoms with Crippen LogP contribution >= 0.6 is 0 Å². The van der Waals surface area contributed by atoms with Gasteiger partial charge in [-0.2, -0.15) is 0 Å². The van der Waals surface area contributed by atoms with Crippen LogP contribution in [0.1, 0.15) is 64.4 Å². The standard InChI is InChI=1S/C22H30N2O2/c1-3-18(26)24-17-9-11-21(4-2)10-6-13-23-14-12-22(17,20(21)23)15-7-5-8-16(25)19(15)24/h5,7-8,17,20,25H,3-4,6,9-14H2,1-2H3/t17-,20+,21+,22-/m1/s1. The Morgan fingerprint density at radius 2 is 2.08 bits per heavy atom. The van der Waals surface area contributed by atoms with Crippen LogP contribution in [0.25, 0.3) is 0 Å². The van der Waals surface area contributed by atoms with Crippen molar-refractivity contribution in [3.63, 3.8) is 0 Å². The average Bonchev–Trinajstić information content (AvgIpc) is 3.20. The number of piperidine rings is 1. The van der Waals surface area contributed by atoms with Crippen LogP contribution < -0.4 is 4.90 Å². The highest BCUT2D eigenvalue weighted by Crippen LogP contribution is 2.66. The number of carbonyl (C=O) groups excluding carboxylic acids is 1. The lowest BCUT2D eigenvalue weighted by molar-refractivity contribution is -0.119. The fourth-order valence-electron chi connectivity index (χ4n) is 7.31. The first-order valence-electron chi connectivity index (χ1n) is 10.5. The maximum atomic E-state index is 13.0. The number of anilines is 1. The Bertz CT molecular complexity index is 763. The maximum absolute atomic E-state index is 13.0.